The molecule has 0 radical (unpaired) electrons. The van der Waals surface area contributed by atoms with Gasteiger partial charge in [-0.3, -0.25) is 0 Å². The maximum Gasteiger partial charge on any atom is 0.0325 e. The second-order valence-electron chi connectivity index (χ2n) is 5.70. The Hall–Kier alpha value is -0.380. The molecule has 1 fully saturated rings. The smallest absolute Gasteiger partial charge is 0.0325 e. The quantitative estimate of drug-likeness (QED) is 0.867. The Morgan fingerprint density at radius 1 is 1.53 bits per heavy atom. The highest BCUT2D eigenvalue weighted by atomic mass is 32.1. The lowest BCUT2D eigenvalue weighted by Crippen LogP contribution is -2.40. The molecule has 2 heterocycles. The maximum atomic E-state index is 3.53. The minimum Gasteiger partial charge on any atom is -0.316 e. The average molecular weight is 252 g/mol. The summed E-state index contributed by atoms with van der Waals surface area (Å²) in [6, 6.07) is 4.37. The zero-order valence-electron chi connectivity index (χ0n) is 11.2. The third-order valence-corrected chi connectivity index (χ3v) is 4.95. The molecular formula is C14H24N2S. The summed E-state index contributed by atoms with van der Waals surface area (Å²) in [6.45, 7) is 9.39. The van der Waals surface area contributed by atoms with Crippen molar-refractivity contribution in [3.05, 3.63) is 22.4 Å². The number of nitrogens with one attached hydrogen (secondary N) is 1. The van der Waals surface area contributed by atoms with Gasteiger partial charge >= 0.3 is 0 Å². The number of nitrogens with zero attached hydrogens (tertiary/aromatic N) is 1. The lowest BCUT2D eigenvalue weighted by atomic mass is 9.76. The summed E-state index contributed by atoms with van der Waals surface area (Å²) >= 11 is 1.86. The van der Waals surface area contributed by atoms with Gasteiger partial charge in [-0.25, -0.2) is 0 Å². The van der Waals surface area contributed by atoms with Gasteiger partial charge in [0.2, 0.25) is 0 Å². The molecule has 0 spiro atoms. The minimum atomic E-state index is 0.478. The van der Waals surface area contributed by atoms with Crippen LogP contribution in [0.4, 0.5) is 0 Å². The third-order valence-electron chi connectivity index (χ3n) is 4.09. The van der Waals surface area contributed by atoms with Crippen LogP contribution in [0.2, 0.25) is 0 Å². The van der Waals surface area contributed by atoms with Crippen molar-refractivity contribution in [3.8, 4) is 0 Å². The molecule has 1 aliphatic rings. The van der Waals surface area contributed by atoms with Crippen LogP contribution in [0.5, 0.6) is 0 Å². The van der Waals surface area contributed by atoms with Gasteiger partial charge < -0.3 is 10.2 Å². The van der Waals surface area contributed by atoms with E-state index in [0.29, 0.717) is 5.41 Å². The fourth-order valence-corrected chi connectivity index (χ4v) is 3.62. The first-order chi connectivity index (χ1) is 8.12. The minimum absolute atomic E-state index is 0.478. The monoisotopic (exact) mass is 252 g/mol. The van der Waals surface area contributed by atoms with Crippen molar-refractivity contribution >= 4 is 11.3 Å². The first-order valence-corrected chi connectivity index (χ1v) is 7.42. The van der Waals surface area contributed by atoms with Crippen molar-refractivity contribution in [3.63, 3.8) is 0 Å². The highest BCUT2D eigenvalue weighted by molar-refractivity contribution is 7.09. The van der Waals surface area contributed by atoms with E-state index in [1.165, 1.54) is 30.9 Å². The fourth-order valence-electron chi connectivity index (χ4n) is 2.84. The molecule has 1 unspecified atom stereocenters. The van der Waals surface area contributed by atoms with E-state index in [9.17, 15) is 0 Å². The van der Waals surface area contributed by atoms with Crippen LogP contribution in [-0.2, 0) is 6.54 Å². The summed E-state index contributed by atoms with van der Waals surface area (Å²) < 4.78 is 0. The number of hydrogen-bond donors (Lipinski definition) is 1. The molecule has 96 valence electrons. The Morgan fingerprint density at radius 2 is 2.35 bits per heavy atom. The Bertz CT molecular complexity index is 326. The zero-order valence-corrected chi connectivity index (χ0v) is 12.0. The SMILES string of the molecule is CC(C)C1(CN(C)Cc2cccs2)CCNC1. The maximum absolute atomic E-state index is 3.53. The van der Waals surface area contributed by atoms with E-state index in [1.807, 2.05) is 11.3 Å². The molecule has 3 heteroatoms. The molecule has 0 aromatic carbocycles. The molecule has 1 aromatic rings. The molecule has 0 saturated carbocycles. The van der Waals surface area contributed by atoms with E-state index in [-0.39, 0.29) is 0 Å². The molecule has 0 aliphatic carbocycles. The molecular weight excluding hydrogens is 228 g/mol. The summed E-state index contributed by atoms with van der Waals surface area (Å²) in [5, 5.41) is 5.70. The van der Waals surface area contributed by atoms with Gasteiger partial charge in [0.25, 0.3) is 0 Å². The molecule has 1 aromatic heterocycles. The first kappa shape index (κ1) is 13.1. The van der Waals surface area contributed by atoms with Crippen LogP contribution in [0.25, 0.3) is 0 Å². The highest BCUT2D eigenvalue weighted by Crippen LogP contribution is 2.35. The van der Waals surface area contributed by atoms with Gasteiger partial charge in [-0.15, -0.1) is 11.3 Å². The summed E-state index contributed by atoms with van der Waals surface area (Å²) in [6.07, 6.45) is 1.32. The van der Waals surface area contributed by atoms with Gasteiger partial charge in [0, 0.05) is 24.5 Å². The van der Waals surface area contributed by atoms with Crippen LogP contribution in [0.1, 0.15) is 25.1 Å². The standard InChI is InChI=1S/C14H24N2S/c1-12(2)14(6-7-15-10-14)11-16(3)9-13-5-4-8-17-13/h4-5,8,12,15H,6-7,9-11H2,1-3H3. The predicted molar refractivity (Wildman–Crippen MR) is 75.4 cm³/mol. The van der Waals surface area contributed by atoms with Crippen LogP contribution >= 0.6 is 11.3 Å². The molecule has 1 saturated heterocycles. The van der Waals surface area contributed by atoms with Crippen molar-refractivity contribution in [2.45, 2.75) is 26.8 Å². The lowest BCUT2D eigenvalue weighted by Gasteiger charge is -2.36. The molecule has 1 atom stereocenters. The Kier molecular flexibility index (Phi) is 4.23. The normalized spacial score (nSPS) is 25.0. The van der Waals surface area contributed by atoms with Gasteiger partial charge in [0.15, 0.2) is 0 Å². The van der Waals surface area contributed by atoms with Gasteiger partial charge in [-0.1, -0.05) is 19.9 Å². The van der Waals surface area contributed by atoms with E-state index < -0.39 is 0 Å². The molecule has 1 N–H and O–H groups in total. The van der Waals surface area contributed by atoms with Crippen molar-refractivity contribution < 1.29 is 0 Å². The predicted octanol–water partition coefficient (Wildman–Crippen LogP) is 2.82. The second-order valence-corrected chi connectivity index (χ2v) is 6.73. The highest BCUT2D eigenvalue weighted by Gasteiger charge is 2.37. The third kappa shape index (κ3) is 3.09. The molecule has 1 aliphatic heterocycles. The Labute approximate surface area is 109 Å². The number of rotatable bonds is 5. The zero-order chi connectivity index (χ0) is 12.3. The summed E-state index contributed by atoms with van der Waals surface area (Å²) in [5.41, 5.74) is 0.478. The summed E-state index contributed by atoms with van der Waals surface area (Å²) in [5.74, 6) is 0.753. The van der Waals surface area contributed by atoms with E-state index in [0.717, 1.165) is 12.5 Å². The first-order valence-electron chi connectivity index (χ1n) is 6.54. The number of hydrogen-bond acceptors (Lipinski definition) is 3. The second kappa shape index (κ2) is 5.51. The van der Waals surface area contributed by atoms with Crippen LogP contribution in [0.3, 0.4) is 0 Å². The number of thiophene rings is 1. The molecule has 2 nitrogen and oxygen atoms in total. The van der Waals surface area contributed by atoms with E-state index in [1.54, 1.807) is 0 Å². The van der Waals surface area contributed by atoms with Crippen LogP contribution < -0.4 is 5.32 Å². The largest absolute Gasteiger partial charge is 0.316 e. The summed E-state index contributed by atoms with van der Waals surface area (Å²) in [4.78, 5) is 3.95. The fraction of sp³-hybridized carbons (Fsp3) is 0.714. The van der Waals surface area contributed by atoms with Crippen molar-refractivity contribution in [2.24, 2.45) is 11.3 Å². The lowest BCUT2D eigenvalue weighted by molar-refractivity contribution is 0.132. The van der Waals surface area contributed by atoms with Crippen LogP contribution in [0, 0.1) is 11.3 Å². The van der Waals surface area contributed by atoms with E-state index in [4.69, 9.17) is 0 Å². The van der Waals surface area contributed by atoms with E-state index in [2.05, 4.69) is 48.6 Å². The van der Waals surface area contributed by atoms with Crippen molar-refractivity contribution in [1.29, 1.82) is 0 Å². The van der Waals surface area contributed by atoms with Gasteiger partial charge in [-0.05, 0) is 42.8 Å². The van der Waals surface area contributed by atoms with Crippen molar-refractivity contribution in [2.75, 3.05) is 26.7 Å². The molecule has 0 amide bonds. The van der Waals surface area contributed by atoms with Gasteiger partial charge in [-0.2, -0.15) is 0 Å². The van der Waals surface area contributed by atoms with Gasteiger partial charge in [0.05, 0.1) is 0 Å². The molecule has 17 heavy (non-hydrogen) atoms. The van der Waals surface area contributed by atoms with Crippen LogP contribution in [0.15, 0.2) is 17.5 Å². The average Bonchev–Trinajstić information content (AvgIpc) is 2.89. The van der Waals surface area contributed by atoms with Crippen LogP contribution in [-0.4, -0.2) is 31.6 Å². The Balaban J connectivity index is 1.94. The topological polar surface area (TPSA) is 15.3 Å². The molecule has 2 rings (SSSR count). The molecule has 0 bridgehead atoms. The Morgan fingerprint density at radius 3 is 2.88 bits per heavy atom. The summed E-state index contributed by atoms with van der Waals surface area (Å²) in [7, 11) is 2.25. The van der Waals surface area contributed by atoms with Gasteiger partial charge in [0.1, 0.15) is 0 Å². The van der Waals surface area contributed by atoms with Crippen molar-refractivity contribution in [1.82, 2.24) is 10.2 Å². The van der Waals surface area contributed by atoms with E-state index >= 15 is 0 Å².